The molecule has 1 saturated carbocycles. The van der Waals surface area contributed by atoms with Crippen LogP contribution in [0.4, 0.5) is 26.2 Å². The number of fused-ring (bicyclic) bond motifs is 1. The molecular formula is C24H28F2N6O2. The maximum absolute atomic E-state index is 14.3. The van der Waals surface area contributed by atoms with E-state index in [4.69, 9.17) is 4.74 Å². The van der Waals surface area contributed by atoms with Gasteiger partial charge in [-0.05, 0) is 44.2 Å². The fourth-order valence-electron chi connectivity index (χ4n) is 4.89. The summed E-state index contributed by atoms with van der Waals surface area (Å²) in [6.07, 6.45) is 5.98. The van der Waals surface area contributed by atoms with Crippen LogP contribution in [0.5, 0.6) is 0 Å². The van der Waals surface area contributed by atoms with Crippen LogP contribution in [0.1, 0.15) is 38.1 Å². The molecule has 2 aliphatic rings. The molecule has 1 aliphatic carbocycles. The molecule has 8 nitrogen and oxygen atoms in total. The first-order valence-electron chi connectivity index (χ1n) is 11.7. The summed E-state index contributed by atoms with van der Waals surface area (Å²) in [5.41, 5.74) is 1.68. The minimum absolute atomic E-state index is 0.0363. The van der Waals surface area contributed by atoms with Crippen molar-refractivity contribution in [1.82, 2.24) is 19.9 Å². The van der Waals surface area contributed by atoms with E-state index in [1.165, 1.54) is 12.1 Å². The zero-order valence-corrected chi connectivity index (χ0v) is 19.0. The van der Waals surface area contributed by atoms with Crippen molar-refractivity contribution in [3.05, 3.63) is 42.1 Å². The Morgan fingerprint density at radius 3 is 2.68 bits per heavy atom. The maximum atomic E-state index is 14.3. The average molecular weight is 471 g/mol. The van der Waals surface area contributed by atoms with E-state index in [9.17, 15) is 13.6 Å². The van der Waals surface area contributed by atoms with Gasteiger partial charge in [-0.25, -0.2) is 18.7 Å². The van der Waals surface area contributed by atoms with Crippen molar-refractivity contribution in [1.29, 1.82) is 0 Å². The van der Waals surface area contributed by atoms with Crippen LogP contribution < -0.4 is 16.0 Å². The first-order valence-corrected chi connectivity index (χ1v) is 11.7. The first kappa shape index (κ1) is 22.5. The highest BCUT2D eigenvalue weighted by Crippen LogP contribution is 2.33. The van der Waals surface area contributed by atoms with Crippen LogP contribution in [0.2, 0.25) is 0 Å². The minimum Gasteiger partial charge on any atom is -0.379 e. The molecule has 180 valence electrons. The Morgan fingerprint density at radius 2 is 1.97 bits per heavy atom. The highest BCUT2D eigenvalue weighted by Gasteiger charge is 2.27. The Bertz CT molecular complexity index is 1190. The van der Waals surface area contributed by atoms with Gasteiger partial charge < -0.3 is 25.3 Å². The number of rotatable bonds is 6. The topological polar surface area (TPSA) is 93.1 Å². The number of benzene rings is 1. The molecule has 3 heterocycles. The molecule has 2 fully saturated rings. The summed E-state index contributed by atoms with van der Waals surface area (Å²) in [6.45, 7) is 1.17. The zero-order valence-electron chi connectivity index (χ0n) is 19.0. The molecular weight excluding hydrogens is 442 g/mol. The molecule has 2 aromatic heterocycles. The van der Waals surface area contributed by atoms with E-state index < -0.39 is 11.6 Å². The predicted octanol–water partition coefficient (Wildman–Crippen LogP) is 4.13. The second kappa shape index (κ2) is 9.54. The van der Waals surface area contributed by atoms with Crippen molar-refractivity contribution in [2.45, 2.75) is 44.2 Å². The fraction of sp³-hybridized carbons (Fsp3) is 0.458. The molecule has 1 aromatic carbocycles. The molecule has 3 N–H and O–H groups in total. The maximum Gasteiger partial charge on any atom is 0.222 e. The predicted molar refractivity (Wildman–Crippen MR) is 125 cm³/mol. The lowest BCUT2D eigenvalue weighted by atomic mass is 9.85. The molecule has 0 radical (unpaired) electrons. The van der Waals surface area contributed by atoms with E-state index in [0.717, 1.165) is 49.5 Å². The number of anilines is 3. The second-order valence-corrected chi connectivity index (χ2v) is 8.94. The van der Waals surface area contributed by atoms with Gasteiger partial charge in [-0.2, -0.15) is 0 Å². The Balaban J connectivity index is 1.41. The molecule has 0 unspecified atom stereocenters. The standard InChI is InChI=1S/C24H28F2N6O2/c1-27-23(33)14-2-5-16(6-3-14)29-22-11-21-20(12-28-22)31-24(32(21)17-8-9-34-13-17)30-19-7-4-15(25)10-18(19)26/h4,7,10-12,14,16-17H,2-3,5-6,8-9,13H2,1H3,(H,27,33)(H,28,29)(H,30,31)/t14?,16?,17-/m0/s1. The number of ether oxygens (including phenoxy) is 1. The number of carbonyl (C=O) groups excluding carboxylic acids is 1. The number of pyridine rings is 1. The van der Waals surface area contributed by atoms with Gasteiger partial charge >= 0.3 is 0 Å². The van der Waals surface area contributed by atoms with Gasteiger partial charge in [0, 0.05) is 37.7 Å². The van der Waals surface area contributed by atoms with Crippen LogP contribution in [0, 0.1) is 17.6 Å². The van der Waals surface area contributed by atoms with Gasteiger partial charge in [0.15, 0.2) is 0 Å². The Kier molecular flexibility index (Phi) is 6.32. The van der Waals surface area contributed by atoms with Crippen molar-refractivity contribution >= 4 is 34.4 Å². The lowest BCUT2D eigenvalue weighted by Gasteiger charge is -2.28. The van der Waals surface area contributed by atoms with Crippen molar-refractivity contribution in [3.8, 4) is 0 Å². The zero-order chi connectivity index (χ0) is 23.7. The van der Waals surface area contributed by atoms with Gasteiger partial charge in [0.2, 0.25) is 11.9 Å². The number of halogens is 2. The molecule has 3 aromatic rings. The van der Waals surface area contributed by atoms with Crippen molar-refractivity contribution < 1.29 is 18.3 Å². The number of hydrogen-bond acceptors (Lipinski definition) is 6. The van der Waals surface area contributed by atoms with Crippen LogP contribution >= 0.6 is 0 Å². The quantitative estimate of drug-likeness (QED) is 0.502. The highest BCUT2D eigenvalue weighted by molar-refractivity contribution is 5.82. The summed E-state index contributed by atoms with van der Waals surface area (Å²) < 4.78 is 35.3. The van der Waals surface area contributed by atoms with Gasteiger partial charge in [0.25, 0.3) is 0 Å². The summed E-state index contributed by atoms with van der Waals surface area (Å²) in [6, 6.07) is 5.64. The third-order valence-electron chi connectivity index (χ3n) is 6.72. The number of imidazole rings is 1. The number of hydrogen-bond donors (Lipinski definition) is 3. The van der Waals surface area contributed by atoms with E-state index in [-0.39, 0.29) is 29.6 Å². The van der Waals surface area contributed by atoms with Crippen LogP contribution in [-0.4, -0.2) is 46.7 Å². The van der Waals surface area contributed by atoms with Gasteiger partial charge in [-0.3, -0.25) is 4.79 Å². The number of nitrogens with one attached hydrogen (secondary N) is 3. The van der Waals surface area contributed by atoms with Crippen molar-refractivity contribution in [3.63, 3.8) is 0 Å². The number of carbonyl (C=O) groups is 1. The van der Waals surface area contributed by atoms with Crippen molar-refractivity contribution in [2.75, 3.05) is 30.9 Å². The SMILES string of the molecule is CNC(=O)C1CCC(Nc2cc3c(cn2)nc(Nc2ccc(F)cc2F)n3[C@H]2CCOC2)CC1. The Morgan fingerprint density at radius 1 is 1.15 bits per heavy atom. The van der Waals surface area contributed by atoms with Crippen LogP contribution in [-0.2, 0) is 9.53 Å². The van der Waals surface area contributed by atoms with E-state index in [1.807, 2.05) is 10.6 Å². The molecule has 0 spiro atoms. The Labute approximate surface area is 196 Å². The summed E-state index contributed by atoms with van der Waals surface area (Å²) in [7, 11) is 1.68. The van der Waals surface area contributed by atoms with E-state index in [1.54, 1.807) is 13.2 Å². The van der Waals surface area contributed by atoms with E-state index >= 15 is 0 Å². The normalized spacial score (nSPS) is 22.6. The van der Waals surface area contributed by atoms with E-state index in [0.29, 0.717) is 24.7 Å². The number of amides is 1. The third-order valence-corrected chi connectivity index (χ3v) is 6.72. The molecule has 0 bridgehead atoms. The number of nitrogens with zero attached hydrogens (tertiary/aromatic N) is 3. The van der Waals surface area contributed by atoms with Crippen LogP contribution in [0.15, 0.2) is 30.5 Å². The molecule has 1 amide bonds. The van der Waals surface area contributed by atoms with Gasteiger partial charge in [0.05, 0.1) is 30.0 Å². The lowest BCUT2D eigenvalue weighted by molar-refractivity contribution is -0.125. The summed E-state index contributed by atoms with van der Waals surface area (Å²) in [5.74, 6) is 0.0525. The largest absolute Gasteiger partial charge is 0.379 e. The average Bonchev–Trinajstić information content (AvgIpc) is 3.48. The monoisotopic (exact) mass is 470 g/mol. The summed E-state index contributed by atoms with van der Waals surface area (Å²) in [4.78, 5) is 21.1. The van der Waals surface area contributed by atoms with Gasteiger partial charge in [-0.1, -0.05) is 0 Å². The lowest BCUT2D eigenvalue weighted by Crippen LogP contribution is -2.34. The molecule has 5 rings (SSSR count). The smallest absolute Gasteiger partial charge is 0.222 e. The van der Waals surface area contributed by atoms with Crippen LogP contribution in [0.3, 0.4) is 0 Å². The molecule has 1 aliphatic heterocycles. The summed E-state index contributed by atoms with van der Waals surface area (Å²) >= 11 is 0. The fourth-order valence-corrected chi connectivity index (χ4v) is 4.89. The van der Waals surface area contributed by atoms with Crippen LogP contribution in [0.25, 0.3) is 11.0 Å². The van der Waals surface area contributed by atoms with E-state index in [2.05, 4.69) is 25.9 Å². The first-order chi connectivity index (χ1) is 16.5. The molecule has 34 heavy (non-hydrogen) atoms. The van der Waals surface area contributed by atoms with Gasteiger partial charge in [-0.15, -0.1) is 0 Å². The summed E-state index contributed by atoms with van der Waals surface area (Å²) in [5, 5.41) is 9.27. The third kappa shape index (κ3) is 4.54. The van der Waals surface area contributed by atoms with Crippen molar-refractivity contribution in [2.24, 2.45) is 5.92 Å². The molecule has 1 atom stereocenters. The minimum atomic E-state index is -0.686. The second-order valence-electron chi connectivity index (χ2n) is 8.94. The molecule has 1 saturated heterocycles. The van der Waals surface area contributed by atoms with Gasteiger partial charge in [0.1, 0.15) is 23.0 Å². The number of aromatic nitrogens is 3. The Hall–Kier alpha value is -3.27. The highest BCUT2D eigenvalue weighted by atomic mass is 19.1. The molecule has 10 heteroatoms.